The van der Waals surface area contributed by atoms with Gasteiger partial charge < -0.3 is 9.84 Å². The molecule has 0 aliphatic heterocycles. The van der Waals surface area contributed by atoms with E-state index in [0.717, 1.165) is 83.5 Å². The van der Waals surface area contributed by atoms with E-state index < -0.39 is 5.97 Å². The van der Waals surface area contributed by atoms with Gasteiger partial charge in [-0.15, -0.1) is 0 Å². The van der Waals surface area contributed by atoms with Gasteiger partial charge in [-0.1, -0.05) is 138 Å². The molecule has 0 saturated carbocycles. The highest BCUT2D eigenvalue weighted by atomic mass is 16.5. The zero-order valence-electron chi connectivity index (χ0n) is 29.1. The lowest BCUT2D eigenvalue weighted by Gasteiger charge is -2.14. The van der Waals surface area contributed by atoms with Crippen LogP contribution in [0.1, 0.15) is 168 Å². The zero-order chi connectivity index (χ0) is 32.9. The third-order valence-corrected chi connectivity index (χ3v) is 7.65. The van der Waals surface area contributed by atoms with E-state index >= 15 is 0 Å². The van der Waals surface area contributed by atoms with E-state index in [1.54, 1.807) is 0 Å². The van der Waals surface area contributed by atoms with Crippen molar-refractivity contribution >= 4 is 11.9 Å². The number of unbranched alkanes of at least 4 members (excludes halogenated alkanes) is 13. The van der Waals surface area contributed by atoms with Gasteiger partial charge in [-0.25, -0.2) is 0 Å². The molecule has 0 aliphatic rings. The average molecular weight is 625 g/mol. The van der Waals surface area contributed by atoms with E-state index in [2.05, 4.69) is 80.7 Å². The summed E-state index contributed by atoms with van der Waals surface area (Å²) in [7, 11) is 0. The van der Waals surface area contributed by atoms with E-state index in [9.17, 15) is 9.59 Å². The molecule has 4 nitrogen and oxygen atoms in total. The number of hydrogen-bond acceptors (Lipinski definition) is 3. The lowest BCUT2D eigenvalue weighted by molar-refractivity contribution is -0.147. The van der Waals surface area contributed by atoms with Gasteiger partial charge in [0, 0.05) is 12.8 Å². The summed E-state index contributed by atoms with van der Waals surface area (Å²) in [6.45, 7) is 4.39. The summed E-state index contributed by atoms with van der Waals surface area (Å²) in [5, 5.41) is 8.82. The Labute approximate surface area is 277 Å². The van der Waals surface area contributed by atoms with Gasteiger partial charge in [0.15, 0.2) is 0 Å². The fraction of sp³-hybridized carbons (Fsp3) is 0.659. The highest BCUT2D eigenvalue weighted by Gasteiger charge is 2.11. The molecule has 256 valence electrons. The summed E-state index contributed by atoms with van der Waals surface area (Å²) >= 11 is 0. The van der Waals surface area contributed by atoms with Crippen LogP contribution in [0.15, 0.2) is 72.9 Å². The molecule has 1 N–H and O–H groups in total. The van der Waals surface area contributed by atoms with Crippen LogP contribution >= 0.6 is 0 Å². The molecular formula is C41H68O4. The standard InChI is InChI=1S/C41H68O4/c1-3-5-7-9-11-13-14-15-16-17-18-19-20-21-22-24-26-28-34-38-41(44)45-39(36-32-29-30-33-37-40(42)43)35-31-27-25-23-12-10-8-6-4-2/h5,7,11,13,15-16,18-19,23,25,31,35,39H,3-4,6,8-10,12,14,17,20-22,24,26-30,32-34,36-38H2,1-2H3,(H,42,43)/b7-5-,13-11-,16-15-,19-18-,25-23-,35-31-. The second-order valence-electron chi connectivity index (χ2n) is 12.0. The van der Waals surface area contributed by atoms with Crippen molar-refractivity contribution in [1.29, 1.82) is 0 Å². The summed E-state index contributed by atoms with van der Waals surface area (Å²) in [4.78, 5) is 23.3. The van der Waals surface area contributed by atoms with Crippen molar-refractivity contribution in [1.82, 2.24) is 0 Å². The number of allylic oxidation sites excluding steroid dienone is 11. The molecule has 1 atom stereocenters. The van der Waals surface area contributed by atoms with Crippen LogP contribution in [0.5, 0.6) is 0 Å². The molecule has 0 bridgehead atoms. The highest BCUT2D eigenvalue weighted by molar-refractivity contribution is 5.69. The number of carboxylic acids is 1. The Balaban J connectivity index is 4.07. The van der Waals surface area contributed by atoms with Gasteiger partial charge in [0.05, 0.1) is 0 Å². The number of ether oxygens (including phenoxy) is 1. The van der Waals surface area contributed by atoms with Crippen molar-refractivity contribution < 1.29 is 19.4 Å². The van der Waals surface area contributed by atoms with Crippen LogP contribution in [-0.2, 0) is 14.3 Å². The Bertz CT molecular complexity index is 846. The summed E-state index contributed by atoms with van der Waals surface area (Å²) < 4.78 is 5.84. The SMILES string of the molecule is CC/C=C\C/C=C\C/C=C\C/C=C\CCCCCCCCC(=O)OC(/C=C\C/C=C\CCCCCC)CCCCCCC(=O)O. The number of carboxylic acid groups (broad SMARTS) is 1. The quantitative estimate of drug-likeness (QED) is 0.0459. The molecule has 0 aromatic rings. The van der Waals surface area contributed by atoms with Crippen molar-refractivity contribution in [2.45, 2.75) is 174 Å². The first-order chi connectivity index (χ1) is 22.1. The average Bonchev–Trinajstić information content (AvgIpc) is 3.02. The summed E-state index contributed by atoms with van der Waals surface area (Å²) in [5.41, 5.74) is 0. The van der Waals surface area contributed by atoms with Crippen LogP contribution in [0.3, 0.4) is 0 Å². The maximum absolute atomic E-state index is 12.6. The molecule has 4 heteroatoms. The van der Waals surface area contributed by atoms with Gasteiger partial charge in [-0.05, 0) is 89.5 Å². The van der Waals surface area contributed by atoms with Gasteiger partial charge in [-0.2, -0.15) is 0 Å². The maximum Gasteiger partial charge on any atom is 0.306 e. The Morgan fingerprint density at radius 3 is 1.58 bits per heavy atom. The van der Waals surface area contributed by atoms with Crippen LogP contribution in [0, 0.1) is 0 Å². The van der Waals surface area contributed by atoms with Gasteiger partial charge in [0.1, 0.15) is 6.10 Å². The maximum atomic E-state index is 12.6. The second-order valence-corrected chi connectivity index (χ2v) is 12.0. The summed E-state index contributed by atoms with van der Waals surface area (Å²) in [5.74, 6) is -0.827. The van der Waals surface area contributed by atoms with Gasteiger partial charge in [0.2, 0.25) is 0 Å². The molecule has 0 saturated heterocycles. The number of carbonyl (C=O) groups is 2. The topological polar surface area (TPSA) is 63.6 Å². The predicted molar refractivity (Wildman–Crippen MR) is 195 cm³/mol. The van der Waals surface area contributed by atoms with Gasteiger partial charge in [-0.3, -0.25) is 9.59 Å². The van der Waals surface area contributed by atoms with Crippen LogP contribution < -0.4 is 0 Å². The predicted octanol–water partition coefficient (Wildman–Crippen LogP) is 12.7. The van der Waals surface area contributed by atoms with E-state index in [1.807, 2.05) is 6.08 Å². The van der Waals surface area contributed by atoms with E-state index in [0.29, 0.717) is 12.8 Å². The second kappa shape index (κ2) is 35.9. The fourth-order valence-corrected chi connectivity index (χ4v) is 4.95. The molecule has 0 heterocycles. The van der Waals surface area contributed by atoms with E-state index in [4.69, 9.17) is 9.84 Å². The zero-order valence-corrected chi connectivity index (χ0v) is 29.1. The smallest absolute Gasteiger partial charge is 0.306 e. The molecule has 0 aromatic heterocycles. The molecule has 0 amide bonds. The minimum atomic E-state index is -0.731. The number of hydrogen-bond donors (Lipinski definition) is 1. The van der Waals surface area contributed by atoms with Crippen molar-refractivity contribution in [3.8, 4) is 0 Å². The Morgan fingerprint density at radius 1 is 0.533 bits per heavy atom. The van der Waals surface area contributed by atoms with Crippen molar-refractivity contribution in [2.75, 3.05) is 0 Å². The van der Waals surface area contributed by atoms with Crippen molar-refractivity contribution in [3.63, 3.8) is 0 Å². The largest absolute Gasteiger partial charge is 0.481 e. The van der Waals surface area contributed by atoms with Crippen molar-refractivity contribution in [2.24, 2.45) is 0 Å². The minimum Gasteiger partial charge on any atom is -0.481 e. The molecule has 0 fully saturated rings. The molecule has 0 rings (SSSR count). The number of carbonyl (C=O) groups excluding carboxylic acids is 1. The molecule has 1 unspecified atom stereocenters. The number of aliphatic carboxylic acids is 1. The minimum absolute atomic E-state index is 0.0960. The van der Waals surface area contributed by atoms with Crippen LogP contribution in [0.4, 0.5) is 0 Å². The molecular weight excluding hydrogens is 556 g/mol. The first-order valence-corrected chi connectivity index (χ1v) is 18.4. The fourth-order valence-electron chi connectivity index (χ4n) is 4.95. The Kier molecular flexibility index (Phi) is 33.8. The normalized spacial score (nSPS) is 13.1. The number of rotatable bonds is 32. The summed E-state index contributed by atoms with van der Waals surface area (Å²) in [6.07, 6.45) is 50.7. The van der Waals surface area contributed by atoms with Gasteiger partial charge in [0.25, 0.3) is 0 Å². The monoisotopic (exact) mass is 625 g/mol. The summed E-state index contributed by atoms with van der Waals surface area (Å²) in [6, 6.07) is 0. The Hall–Kier alpha value is -2.62. The van der Waals surface area contributed by atoms with Crippen LogP contribution in [-0.4, -0.2) is 23.1 Å². The van der Waals surface area contributed by atoms with E-state index in [1.165, 1.54) is 51.4 Å². The van der Waals surface area contributed by atoms with Crippen LogP contribution in [0.2, 0.25) is 0 Å². The van der Waals surface area contributed by atoms with Crippen molar-refractivity contribution in [3.05, 3.63) is 72.9 Å². The third kappa shape index (κ3) is 35.7. The molecule has 45 heavy (non-hydrogen) atoms. The molecule has 0 aliphatic carbocycles. The third-order valence-electron chi connectivity index (χ3n) is 7.65. The Morgan fingerprint density at radius 2 is 1.00 bits per heavy atom. The lowest BCUT2D eigenvalue weighted by Crippen LogP contribution is -2.16. The highest BCUT2D eigenvalue weighted by Crippen LogP contribution is 2.14. The number of esters is 1. The lowest BCUT2D eigenvalue weighted by atomic mass is 10.1. The molecule has 0 aromatic carbocycles. The van der Waals surface area contributed by atoms with Crippen LogP contribution in [0.25, 0.3) is 0 Å². The van der Waals surface area contributed by atoms with E-state index in [-0.39, 0.29) is 18.5 Å². The molecule has 0 radical (unpaired) electrons. The van der Waals surface area contributed by atoms with Gasteiger partial charge >= 0.3 is 11.9 Å². The first-order valence-electron chi connectivity index (χ1n) is 18.4. The first kappa shape index (κ1) is 42.4. The molecule has 0 spiro atoms.